The van der Waals surface area contributed by atoms with E-state index in [9.17, 15) is 4.39 Å². The third kappa shape index (κ3) is 5.18. The molecule has 5 heteroatoms. The van der Waals surface area contributed by atoms with Crippen LogP contribution >= 0.6 is 11.6 Å². The summed E-state index contributed by atoms with van der Waals surface area (Å²) in [5, 5.41) is 0.420. The topological polar surface area (TPSA) is 38.7 Å². The van der Waals surface area contributed by atoms with Crippen molar-refractivity contribution in [3.05, 3.63) is 88.7 Å². The predicted octanol–water partition coefficient (Wildman–Crippen LogP) is 8.26. The quantitative estimate of drug-likeness (QED) is 0.300. The molecule has 4 rings (SSSR count). The third-order valence-corrected chi connectivity index (χ3v) is 6.06. The number of hydrogen-bond acceptors (Lipinski definition) is 3. The lowest BCUT2D eigenvalue weighted by Gasteiger charge is -2.19. The molecule has 1 aromatic heterocycles. The van der Waals surface area contributed by atoms with E-state index in [4.69, 9.17) is 16.6 Å². The first-order chi connectivity index (χ1) is 15.9. The van der Waals surface area contributed by atoms with Crippen LogP contribution in [0.25, 0.3) is 34.2 Å². The highest BCUT2D eigenvalue weighted by Crippen LogP contribution is 2.30. The Hall–Kier alpha value is -3.11. The van der Waals surface area contributed by atoms with Crippen LogP contribution < -0.4 is 0 Å². The first-order valence-corrected chi connectivity index (χ1v) is 11.7. The van der Waals surface area contributed by atoms with E-state index in [2.05, 4.69) is 75.8 Å². The van der Waals surface area contributed by atoms with Gasteiger partial charge in [0.05, 0.1) is 5.56 Å². The zero-order valence-corrected chi connectivity index (χ0v) is 21.2. The summed E-state index contributed by atoms with van der Waals surface area (Å²) in [7, 11) is 0. The Morgan fingerprint density at radius 2 is 1.00 bits per heavy atom. The standard InChI is InChI=1S/C29H29ClFN3/c1-28(2,3)20-11-7-18(8-12-20)25-32-26(19-9-13-21(14-10-19)29(4,5)6)34-27(33-25)23-17-22(30)15-16-24(23)31/h7-17H,1-6H3. The minimum atomic E-state index is -0.432. The number of nitrogens with zero attached hydrogens (tertiary/aromatic N) is 3. The van der Waals surface area contributed by atoms with E-state index in [1.807, 2.05) is 24.3 Å². The summed E-state index contributed by atoms with van der Waals surface area (Å²) in [6, 6.07) is 20.7. The molecule has 1 heterocycles. The second-order valence-corrected chi connectivity index (χ2v) is 11.0. The van der Waals surface area contributed by atoms with Crippen molar-refractivity contribution in [2.75, 3.05) is 0 Å². The van der Waals surface area contributed by atoms with Crippen molar-refractivity contribution >= 4 is 11.6 Å². The van der Waals surface area contributed by atoms with Crippen LogP contribution in [0.4, 0.5) is 4.39 Å². The summed E-state index contributed by atoms with van der Waals surface area (Å²) in [6.45, 7) is 13.0. The van der Waals surface area contributed by atoms with Gasteiger partial charge in [-0.3, -0.25) is 0 Å². The molecule has 0 amide bonds. The van der Waals surface area contributed by atoms with Crippen LogP contribution in [0, 0.1) is 5.82 Å². The molecule has 0 spiro atoms. The Morgan fingerprint density at radius 1 is 0.588 bits per heavy atom. The van der Waals surface area contributed by atoms with Crippen LogP contribution in [0.5, 0.6) is 0 Å². The molecule has 0 saturated carbocycles. The molecule has 3 aromatic carbocycles. The Labute approximate surface area is 206 Å². The van der Waals surface area contributed by atoms with Gasteiger partial charge in [0.2, 0.25) is 0 Å². The van der Waals surface area contributed by atoms with Crippen LogP contribution in [0.1, 0.15) is 52.7 Å². The highest BCUT2D eigenvalue weighted by molar-refractivity contribution is 6.30. The van der Waals surface area contributed by atoms with Gasteiger partial charge in [-0.1, -0.05) is 102 Å². The number of rotatable bonds is 3. The highest BCUT2D eigenvalue weighted by Gasteiger charge is 2.18. The van der Waals surface area contributed by atoms with Crippen LogP contribution in [-0.2, 0) is 10.8 Å². The summed E-state index contributed by atoms with van der Waals surface area (Å²) in [5.41, 5.74) is 4.42. The van der Waals surface area contributed by atoms with Gasteiger partial charge >= 0.3 is 0 Å². The molecule has 0 radical (unpaired) electrons. The van der Waals surface area contributed by atoms with E-state index in [0.717, 1.165) is 11.1 Å². The Kier molecular flexibility index (Phi) is 6.30. The van der Waals surface area contributed by atoms with Gasteiger partial charge in [-0.2, -0.15) is 0 Å². The lowest BCUT2D eigenvalue weighted by molar-refractivity contribution is 0.590. The van der Waals surface area contributed by atoms with Gasteiger partial charge in [0.25, 0.3) is 0 Å². The Balaban J connectivity index is 1.87. The van der Waals surface area contributed by atoms with Gasteiger partial charge in [0, 0.05) is 16.1 Å². The van der Waals surface area contributed by atoms with Crippen molar-refractivity contribution in [1.29, 1.82) is 0 Å². The Morgan fingerprint density at radius 3 is 1.41 bits per heavy atom. The van der Waals surface area contributed by atoms with E-state index < -0.39 is 5.82 Å². The van der Waals surface area contributed by atoms with Crippen LogP contribution in [-0.4, -0.2) is 15.0 Å². The monoisotopic (exact) mass is 473 g/mol. The maximum atomic E-state index is 14.7. The smallest absolute Gasteiger partial charge is 0.167 e. The molecular weight excluding hydrogens is 445 g/mol. The van der Waals surface area contributed by atoms with Crippen molar-refractivity contribution in [3.8, 4) is 34.2 Å². The van der Waals surface area contributed by atoms with E-state index >= 15 is 0 Å². The number of halogens is 2. The zero-order valence-electron chi connectivity index (χ0n) is 20.4. The predicted molar refractivity (Wildman–Crippen MR) is 139 cm³/mol. The molecule has 3 nitrogen and oxygen atoms in total. The summed E-state index contributed by atoms with van der Waals surface area (Å²) < 4.78 is 14.7. The molecule has 4 aromatic rings. The number of aromatic nitrogens is 3. The normalized spacial score (nSPS) is 12.1. The molecule has 0 aliphatic rings. The second-order valence-electron chi connectivity index (χ2n) is 10.6. The molecule has 0 aliphatic carbocycles. The first-order valence-electron chi connectivity index (χ1n) is 11.4. The lowest BCUT2D eigenvalue weighted by Crippen LogP contribution is -2.11. The lowest BCUT2D eigenvalue weighted by atomic mass is 9.86. The minimum Gasteiger partial charge on any atom is -0.208 e. The number of hydrogen-bond donors (Lipinski definition) is 0. The van der Waals surface area contributed by atoms with E-state index in [-0.39, 0.29) is 22.2 Å². The average Bonchev–Trinajstić information content (AvgIpc) is 2.79. The fourth-order valence-corrected chi connectivity index (χ4v) is 3.83. The van der Waals surface area contributed by atoms with E-state index in [1.54, 1.807) is 6.07 Å². The molecule has 34 heavy (non-hydrogen) atoms. The molecule has 0 unspecified atom stereocenters. The van der Waals surface area contributed by atoms with Gasteiger partial charge in [-0.25, -0.2) is 19.3 Å². The van der Waals surface area contributed by atoms with E-state index in [0.29, 0.717) is 16.7 Å². The zero-order chi connectivity index (χ0) is 24.7. The molecule has 0 aliphatic heterocycles. The summed E-state index contributed by atoms with van der Waals surface area (Å²) in [6.07, 6.45) is 0. The van der Waals surface area contributed by atoms with Crippen LogP contribution in [0.3, 0.4) is 0 Å². The van der Waals surface area contributed by atoms with Crippen LogP contribution in [0.15, 0.2) is 66.7 Å². The molecule has 174 valence electrons. The third-order valence-electron chi connectivity index (χ3n) is 5.82. The highest BCUT2D eigenvalue weighted by atomic mass is 35.5. The molecule has 0 N–H and O–H groups in total. The fourth-order valence-electron chi connectivity index (χ4n) is 3.66. The van der Waals surface area contributed by atoms with Crippen molar-refractivity contribution in [3.63, 3.8) is 0 Å². The van der Waals surface area contributed by atoms with E-state index in [1.165, 1.54) is 23.3 Å². The second kappa shape index (κ2) is 8.92. The summed E-state index contributed by atoms with van der Waals surface area (Å²) in [4.78, 5) is 14.0. The average molecular weight is 474 g/mol. The minimum absolute atomic E-state index is 0.0344. The van der Waals surface area contributed by atoms with Crippen molar-refractivity contribution in [2.45, 2.75) is 52.4 Å². The number of benzene rings is 3. The van der Waals surface area contributed by atoms with Gasteiger partial charge in [0.15, 0.2) is 17.5 Å². The SMILES string of the molecule is CC(C)(C)c1ccc(-c2nc(-c3ccc(C(C)(C)C)cc3)nc(-c3cc(Cl)ccc3F)n2)cc1. The summed E-state index contributed by atoms with van der Waals surface area (Å²) >= 11 is 6.16. The Bertz CT molecular complexity index is 1240. The molecule has 0 bridgehead atoms. The molecule has 0 atom stereocenters. The molecule has 0 fully saturated rings. The fraction of sp³-hybridized carbons (Fsp3) is 0.276. The van der Waals surface area contributed by atoms with Crippen molar-refractivity contribution in [2.24, 2.45) is 0 Å². The maximum absolute atomic E-state index is 14.7. The summed E-state index contributed by atoms with van der Waals surface area (Å²) in [5.74, 6) is 0.790. The first kappa shape index (κ1) is 24.0. The molecular formula is C29H29ClFN3. The van der Waals surface area contributed by atoms with Crippen molar-refractivity contribution < 1.29 is 4.39 Å². The van der Waals surface area contributed by atoms with Crippen molar-refractivity contribution in [1.82, 2.24) is 15.0 Å². The van der Waals surface area contributed by atoms with Gasteiger partial charge in [-0.05, 0) is 40.2 Å². The van der Waals surface area contributed by atoms with Gasteiger partial charge in [0.1, 0.15) is 5.82 Å². The van der Waals surface area contributed by atoms with Gasteiger partial charge < -0.3 is 0 Å². The largest absolute Gasteiger partial charge is 0.208 e. The van der Waals surface area contributed by atoms with Gasteiger partial charge in [-0.15, -0.1) is 0 Å². The molecule has 0 saturated heterocycles. The maximum Gasteiger partial charge on any atom is 0.167 e. The van der Waals surface area contributed by atoms with Crippen LogP contribution in [0.2, 0.25) is 5.02 Å².